The van der Waals surface area contributed by atoms with E-state index < -0.39 is 0 Å². The van der Waals surface area contributed by atoms with Crippen molar-refractivity contribution in [1.29, 1.82) is 0 Å². The molecule has 1 heterocycles. The highest BCUT2D eigenvalue weighted by Crippen LogP contribution is 2.16. The quantitative estimate of drug-likeness (QED) is 0.841. The van der Waals surface area contributed by atoms with Gasteiger partial charge in [0, 0.05) is 20.0 Å². The third-order valence-corrected chi connectivity index (χ3v) is 3.24. The number of hydrogen-bond acceptors (Lipinski definition) is 3. The molecular formula is C14H19N3O2. The average Bonchev–Trinajstić information content (AvgIpc) is 2.65. The van der Waals surface area contributed by atoms with Crippen LogP contribution in [0.5, 0.6) is 0 Å². The van der Waals surface area contributed by atoms with Crippen LogP contribution in [0.15, 0.2) is 18.2 Å². The maximum Gasteiger partial charge on any atom is 0.222 e. The molecule has 2 rings (SSSR count). The van der Waals surface area contributed by atoms with Crippen LogP contribution in [0.4, 0.5) is 0 Å². The summed E-state index contributed by atoms with van der Waals surface area (Å²) in [4.78, 5) is 15.7. The summed E-state index contributed by atoms with van der Waals surface area (Å²) in [5, 5.41) is 11.4. The van der Waals surface area contributed by atoms with Crippen LogP contribution in [-0.2, 0) is 18.3 Å². The molecule has 0 aliphatic rings. The predicted octanol–water partition coefficient (Wildman–Crippen LogP) is 0.923. The predicted molar refractivity (Wildman–Crippen MR) is 73.9 cm³/mol. The minimum atomic E-state index is -0.114. The highest BCUT2D eigenvalue weighted by Gasteiger charge is 2.05. The highest BCUT2D eigenvalue weighted by molar-refractivity contribution is 5.77. The summed E-state index contributed by atoms with van der Waals surface area (Å²) in [5.41, 5.74) is 3.25. The number of imidazole rings is 1. The molecule has 0 atom stereocenters. The first kappa shape index (κ1) is 13.5. The number of aryl methyl sites for hydroxylation is 2. The van der Waals surface area contributed by atoms with Gasteiger partial charge in [0.1, 0.15) is 5.82 Å². The number of carbonyl (C=O) groups excluding carboxylic acids is 1. The van der Waals surface area contributed by atoms with E-state index >= 15 is 0 Å². The molecule has 0 aliphatic carbocycles. The zero-order valence-corrected chi connectivity index (χ0v) is 11.3. The Kier molecular flexibility index (Phi) is 4.16. The number of hydrogen-bond donors (Lipinski definition) is 2. The number of nitrogens with one attached hydrogen (secondary N) is 1. The van der Waals surface area contributed by atoms with E-state index in [1.54, 1.807) is 0 Å². The Bertz CT molecular complexity index is 590. The van der Waals surface area contributed by atoms with E-state index in [9.17, 15) is 4.79 Å². The van der Waals surface area contributed by atoms with Gasteiger partial charge in [0.05, 0.1) is 17.6 Å². The maximum atomic E-state index is 11.2. The van der Waals surface area contributed by atoms with Crippen LogP contribution in [0.1, 0.15) is 17.8 Å². The molecule has 1 aromatic carbocycles. The van der Waals surface area contributed by atoms with Crippen molar-refractivity contribution in [3.63, 3.8) is 0 Å². The fourth-order valence-corrected chi connectivity index (χ4v) is 2.06. The summed E-state index contributed by atoms with van der Waals surface area (Å²) in [5.74, 6) is 0.876. The van der Waals surface area contributed by atoms with Crippen LogP contribution in [0.3, 0.4) is 0 Å². The lowest BCUT2D eigenvalue weighted by atomic mass is 10.1. The van der Waals surface area contributed by atoms with Gasteiger partial charge in [0.2, 0.25) is 5.91 Å². The summed E-state index contributed by atoms with van der Waals surface area (Å²) in [6, 6.07) is 6.17. The van der Waals surface area contributed by atoms with Gasteiger partial charge < -0.3 is 15.0 Å². The number of fused-ring (bicyclic) bond motifs is 1. The van der Waals surface area contributed by atoms with E-state index in [-0.39, 0.29) is 18.9 Å². The minimum Gasteiger partial charge on any atom is -0.396 e. The number of aliphatic hydroxyl groups excluding tert-OH is 1. The third kappa shape index (κ3) is 3.12. The number of nitrogens with zero attached hydrogens (tertiary/aromatic N) is 2. The van der Waals surface area contributed by atoms with Crippen LogP contribution in [0, 0.1) is 6.92 Å². The Labute approximate surface area is 112 Å². The van der Waals surface area contributed by atoms with Gasteiger partial charge in [-0.1, -0.05) is 6.07 Å². The Morgan fingerprint density at radius 3 is 3.00 bits per heavy atom. The SMILES string of the molecule is Cc1nc2cc(CCNC(=O)CCO)ccc2n1C. The molecule has 0 saturated carbocycles. The van der Waals surface area contributed by atoms with Gasteiger partial charge in [0.25, 0.3) is 0 Å². The summed E-state index contributed by atoms with van der Waals surface area (Å²) in [6.07, 6.45) is 0.932. The molecule has 19 heavy (non-hydrogen) atoms. The molecule has 0 bridgehead atoms. The van der Waals surface area contributed by atoms with E-state index in [0.717, 1.165) is 28.8 Å². The summed E-state index contributed by atoms with van der Waals surface area (Å²) in [6.45, 7) is 2.45. The second-order valence-corrected chi connectivity index (χ2v) is 4.61. The molecule has 0 fully saturated rings. The summed E-state index contributed by atoms with van der Waals surface area (Å²) >= 11 is 0. The average molecular weight is 261 g/mol. The van der Waals surface area contributed by atoms with E-state index in [0.29, 0.717) is 6.54 Å². The second kappa shape index (κ2) is 5.84. The van der Waals surface area contributed by atoms with Crippen LogP contribution in [0.25, 0.3) is 11.0 Å². The van der Waals surface area contributed by atoms with Crippen molar-refractivity contribution in [2.45, 2.75) is 19.8 Å². The van der Waals surface area contributed by atoms with Gasteiger partial charge in [-0.15, -0.1) is 0 Å². The standard InChI is InChI=1S/C14H19N3O2/c1-10-16-12-9-11(3-4-13(12)17(10)2)5-7-15-14(19)6-8-18/h3-4,9,18H,5-8H2,1-2H3,(H,15,19). The highest BCUT2D eigenvalue weighted by atomic mass is 16.3. The smallest absolute Gasteiger partial charge is 0.222 e. The molecular weight excluding hydrogens is 242 g/mol. The molecule has 0 aliphatic heterocycles. The zero-order chi connectivity index (χ0) is 13.8. The fourth-order valence-electron chi connectivity index (χ4n) is 2.06. The molecule has 5 heteroatoms. The minimum absolute atomic E-state index is 0.106. The van der Waals surface area contributed by atoms with Crippen LogP contribution >= 0.6 is 0 Å². The lowest BCUT2D eigenvalue weighted by Gasteiger charge is -2.04. The molecule has 0 unspecified atom stereocenters. The maximum absolute atomic E-state index is 11.2. The van der Waals surface area contributed by atoms with E-state index in [2.05, 4.69) is 33.1 Å². The summed E-state index contributed by atoms with van der Waals surface area (Å²) in [7, 11) is 2.00. The number of aliphatic hydroxyl groups is 1. The van der Waals surface area contributed by atoms with E-state index in [1.165, 1.54) is 0 Å². The fraction of sp³-hybridized carbons (Fsp3) is 0.429. The van der Waals surface area contributed by atoms with E-state index in [1.807, 2.05) is 14.0 Å². The molecule has 2 N–H and O–H groups in total. The largest absolute Gasteiger partial charge is 0.396 e. The number of rotatable bonds is 5. The Morgan fingerprint density at radius 2 is 2.26 bits per heavy atom. The third-order valence-electron chi connectivity index (χ3n) is 3.24. The number of carbonyl (C=O) groups is 1. The van der Waals surface area contributed by atoms with Gasteiger partial charge in [-0.25, -0.2) is 4.98 Å². The van der Waals surface area contributed by atoms with Gasteiger partial charge in [-0.3, -0.25) is 4.79 Å². The molecule has 0 radical (unpaired) electrons. The van der Waals surface area contributed by atoms with Crippen molar-refractivity contribution in [2.75, 3.05) is 13.2 Å². The number of aromatic nitrogens is 2. The number of amides is 1. The molecule has 5 nitrogen and oxygen atoms in total. The van der Waals surface area contributed by atoms with Crippen LogP contribution in [-0.4, -0.2) is 33.7 Å². The first-order valence-electron chi connectivity index (χ1n) is 6.41. The molecule has 0 spiro atoms. The Hall–Kier alpha value is -1.88. The van der Waals surface area contributed by atoms with Gasteiger partial charge in [-0.05, 0) is 31.0 Å². The molecule has 1 amide bonds. The lowest BCUT2D eigenvalue weighted by molar-refractivity contribution is -0.121. The lowest BCUT2D eigenvalue weighted by Crippen LogP contribution is -2.26. The Balaban J connectivity index is 2.00. The normalized spacial score (nSPS) is 10.9. The molecule has 1 aromatic heterocycles. The molecule has 0 saturated heterocycles. The molecule has 2 aromatic rings. The topological polar surface area (TPSA) is 67.2 Å². The van der Waals surface area contributed by atoms with E-state index in [4.69, 9.17) is 5.11 Å². The zero-order valence-electron chi connectivity index (χ0n) is 11.3. The first-order chi connectivity index (χ1) is 9.11. The monoisotopic (exact) mass is 261 g/mol. The van der Waals surface area contributed by atoms with Crippen molar-refractivity contribution in [3.8, 4) is 0 Å². The van der Waals surface area contributed by atoms with Gasteiger partial charge in [-0.2, -0.15) is 0 Å². The summed E-state index contributed by atoms with van der Waals surface area (Å²) < 4.78 is 2.06. The first-order valence-corrected chi connectivity index (χ1v) is 6.41. The van der Waals surface area contributed by atoms with Crippen LogP contribution < -0.4 is 5.32 Å². The van der Waals surface area contributed by atoms with Crippen molar-refractivity contribution < 1.29 is 9.90 Å². The van der Waals surface area contributed by atoms with Gasteiger partial charge >= 0.3 is 0 Å². The number of benzene rings is 1. The molecule has 102 valence electrons. The van der Waals surface area contributed by atoms with Crippen LogP contribution in [0.2, 0.25) is 0 Å². The Morgan fingerprint density at radius 1 is 1.47 bits per heavy atom. The van der Waals surface area contributed by atoms with Crippen molar-refractivity contribution in [1.82, 2.24) is 14.9 Å². The van der Waals surface area contributed by atoms with Crippen molar-refractivity contribution in [2.24, 2.45) is 7.05 Å². The van der Waals surface area contributed by atoms with Crippen molar-refractivity contribution in [3.05, 3.63) is 29.6 Å². The van der Waals surface area contributed by atoms with Gasteiger partial charge in [0.15, 0.2) is 0 Å². The van der Waals surface area contributed by atoms with Crippen molar-refractivity contribution >= 4 is 16.9 Å². The second-order valence-electron chi connectivity index (χ2n) is 4.61.